The number of carbonyl (C=O) groups excluding carboxylic acids is 3. The van der Waals surface area contributed by atoms with Crippen molar-refractivity contribution in [1.82, 2.24) is 4.90 Å². The number of nitrogens with zero attached hydrogens (tertiary/aromatic N) is 2. The molecule has 2 aromatic rings. The molecule has 2 fully saturated rings. The zero-order valence-electron chi connectivity index (χ0n) is 26.1. The number of aliphatic hydroxyl groups excluding tert-OH is 5. The zero-order chi connectivity index (χ0) is 34.0. The molecule has 47 heavy (non-hydrogen) atoms. The smallest absolute Gasteiger partial charge is 0.264 e. The summed E-state index contributed by atoms with van der Waals surface area (Å²) in [6.45, 7) is 2.17. The van der Waals surface area contributed by atoms with E-state index in [1.54, 1.807) is 66.4 Å². The number of carbonyl (C=O) groups is 3. The highest BCUT2D eigenvalue weighted by Gasteiger charge is 2.53. The second-order valence-corrected chi connectivity index (χ2v) is 12.1. The molecular weight excluding hydrogens is 614 g/mol. The molecule has 2 aromatic carbocycles. The van der Waals surface area contributed by atoms with Crippen LogP contribution in [0.4, 0.5) is 11.4 Å². The molecule has 0 unspecified atom stereocenters. The van der Waals surface area contributed by atoms with Gasteiger partial charge in [-0.1, -0.05) is 31.2 Å². The lowest BCUT2D eigenvalue weighted by Crippen LogP contribution is -2.60. The largest absolute Gasteiger partial charge is 0.497 e. The number of hydrogen-bond acceptors (Lipinski definition) is 11. The molecule has 14 nitrogen and oxygen atoms in total. The topological polar surface area (TPSA) is 210 Å². The molecule has 0 aromatic heterocycles. The summed E-state index contributed by atoms with van der Waals surface area (Å²) in [4.78, 5) is 42.7. The van der Waals surface area contributed by atoms with Gasteiger partial charge in [-0.15, -0.1) is 0 Å². The van der Waals surface area contributed by atoms with E-state index in [0.29, 0.717) is 29.1 Å². The summed E-state index contributed by atoms with van der Waals surface area (Å²) in [6.07, 6.45) is -4.03. The first-order valence-electron chi connectivity index (χ1n) is 15.5. The Hall–Kier alpha value is -3.89. The first-order chi connectivity index (χ1) is 22.4. The van der Waals surface area contributed by atoms with Crippen molar-refractivity contribution in [1.29, 1.82) is 0 Å². The van der Waals surface area contributed by atoms with Gasteiger partial charge in [-0.05, 0) is 48.7 Å². The number of anilines is 2. The van der Waals surface area contributed by atoms with Crippen molar-refractivity contribution in [3.8, 4) is 5.75 Å². The van der Waals surface area contributed by atoms with Crippen LogP contribution >= 0.6 is 0 Å². The number of amides is 3. The van der Waals surface area contributed by atoms with E-state index in [0.717, 1.165) is 12.8 Å². The summed E-state index contributed by atoms with van der Waals surface area (Å²) >= 11 is 0. The van der Waals surface area contributed by atoms with Crippen LogP contribution in [0.25, 0.3) is 0 Å². The van der Waals surface area contributed by atoms with E-state index >= 15 is 0 Å². The van der Waals surface area contributed by atoms with Crippen LogP contribution in [-0.4, -0.2) is 110 Å². The first kappa shape index (κ1) is 34.4. The fourth-order valence-corrected chi connectivity index (χ4v) is 6.41. The van der Waals surface area contributed by atoms with E-state index in [9.17, 15) is 45.0 Å². The molecule has 2 saturated heterocycles. The minimum absolute atomic E-state index is 0.00276. The zero-order valence-corrected chi connectivity index (χ0v) is 26.1. The molecule has 0 bridgehead atoms. The van der Waals surface area contributed by atoms with Gasteiger partial charge in [0.25, 0.3) is 11.8 Å². The van der Waals surface area contributed by atoms with Gasteiger partial charge < -0.3 is 55.2 Å². The van der Waals surface area contributed by atoms with E-state index in [1.165, 1.54) is 12.0 Å². The molecule has 3 aliphatic rings. The Morgan fingerprint density at radius 3 is 2.62 bits per heavy atom. The fraction of sp³-hybridized carbons (Fsp3) is 0.485. The molecule has 254 valence electrons. The Labute approximate surface area is 271 Å². The number of nitrogens with one attached hydrogen (secondary N) is 1. The standard InChI is InChI=1S/C33H41N3O11/c1-18(6-3-10-25(38)35-13-5-9-21(35)17-37)33(45)23-15-22(46-2)11-12-24(23)36(32(33)44)16-19-7-4-8-20(14-19)34-30(42)29-27(40)26(39)28(41)31(43)47-29/h3-4,6-8,11-12,14-15,18,21,26-29,31,37,39-41,43,45H,5,9-10,13,16-17H2,1-2H3,(H,34,42)/b6-3+/t18-,21-,26-,27-,28+,29-,31+,33+/m0/s1. The minimum atomic E-state index is -1.99. The molecule has 0 saturated carbocycles. The number of fused-ring (bicyclic) bond motifs is 1. The van der Waals surface area contributed by atoms with Crippen LogP contribution < -0.4 is 15.0 Å². The maximum absolute atomic E-state index is 14.0. The number of hydrogen-bond donors (Lipinski definition) is 7. The van der Waals surface area contributed by atoms with E-state index < -0.39 is 54.0 Å². The van der Waals surface area contributed by atoms with Gasteiger partial charge in [0.2, 0.25) is 5.91 Å². The quantitative estimate of drug-likeness (QED) is 0.166. The molecule has 0 radical (unpaired) electrons. The monoisotopic (exact) mass is 655 g/mol. The molecule has 5 rings (SSSR count). The van der Waals surface area contributed by atoms with Crippen LogP contribution in [0, 0.1) is 5.92 Å². The SMILES string of the molecule is COc1ccc2c(c1)[C@](O)([C@@H](C)/C=C/CC(=O)N1CCC[C@H]1CO)C(=O)N2Cc1cccc(NC(=O)[C@H]2O[C@@H](O)[C@H](O)[C@@H](O)[C@@H]2O)c1. The van der Waals surface area contributed by atoms with Gasteiger partial charge in [0.15, 0.2) is 18.0 Å². The van der Waals surface area contributed by atoms with Crippen LogP contribution in [0.1, 0.15) is 37.3 Å². The highest BCUT2D eigenvalue weighted by atomic mass is 16.6. The highest BCUT2D eigenvalue weighted by molar-refractivity contribution is 6.07. The highest BCUT2D eigenvalue weighted by Crippen LogP contribution is 2.47. The summed E-state index contributed by atoms with van der Waals surface area (Å²) in [7, 11) is 1.48. The molecule has 8 atom stereocenters. The molecule has 3 amide bonds. The predicted octanol–water partition coefficient (Wildman–Crippen LogP) is -0.266. The number of rotatable bonds is 10. The maximum Gasteiger partial charge on any atom is 0.264 e. The van der Waals surface area contributed by atoms with E-state index in [2.05, 4.69) is 5.32 Å². The van der Waals surface area contributed by atoms with Crippen molar-refractivity contribution in [3.05, 3.63) is 65.7 Å². The first-order valence-corrected chi connectivity index (χ1v) is 15.5. The average molecular weight is 656 g/mol. The second kappa shape index (κ2) is 14.1. The minimum Gasteiger partial charge on any atom is -0.497 e. The fourth-order valence-electron chi connectivity index (χ4n) is 6.41. The molecule has 0 aliphatic carbocycles. The molecular formula is C33H41N3O11. The maximum atomic E-state index is 14.0. The number of aliphatic hydroxyl groups is 6. The van der Waals surface area contributed by atoms with Crippen molar-refractivity contribution in [2.75, 3.05) is 30.5 Å². The summed E-state index contributed by atoms with van der Waals surface area (Å²) in [5.41, 5.74) is -0.375. The van der Waals surface area contributed by atoms with Crippen LogP contribution in [0.5, 0.6) is 5.75 Å². The lowest BCUT2D eigenvalue weighted by Gasteiger charge is -2.37. The second-order valence-electron chi connectivity index (χ2n) is 12.1. The number of likely N-dealkylation sites (tertiary alicyclic amines) is 1. The molecule has 3 heterocycles. The van der Waals surface area contributed by atoms with Crippen molar-refractivity contribution in [3.63, 3.8) is 0 Å². The summed E-state index contributed by atoms with van der Waals surface area (Å²) in [5.74, 6) is -1.92. The van der Waals surface area contributed by atoms with Crippen LogP contribution in [-0.2, 0) is 31.3 Å². The average Bonchev–Trinajstić information content (AvgIpc) is 3.63. The molecule has 7 N–H and O–H groups in total. The molecule has 3 aliphatic heterocycles. The third-order valence-corrected chi connectivity index (χ3v) is 9.14. The Kier molecular flexibility index (Phi) is 10.3. The third-order valence-electron chi connectivity index (χ3n) is 9.14. The lowest BCUT2D eigenvalue weighted by atomic mass is 9.83. The van der Waals surface area contributed by atoms with Crippen LogP contribution in [0.15, 0.2) is 54.6 Å². The predicted molar refractivity (Wildman–Crippen MR) is 167 cm³/mol. The third kappa shape index (κ3) is 6.63. The number of benzene rings is 2. The van der Waals surface area contributed by atoms with Crippen molar-refractivity contribution in [2.45, 2.75) is 75.1 Å². The molecule has 0 spiro atoms. The van der Waals surface area contributed by atoms with E-state index in [1.807, 2.05) is 0 Å². The summed E-state index contributed by atoms with van der Waals surface area (Å²) < 4.78 is 10.4. The van der Waals surface area contributed by atoms with Crippen molar-refractivity contribution in [2.24, 2.45) is 5.92 Å². The van der Waals surface area contributed by atoms with Gasteiger partial charge in [0.05, 0.1) is 32.0 Å². The van der Waals surface area contributed by atoms with Gasteiger partial charge in [-0.2, -0.15) is 0 Å². The van der Waals surface area contributed by atoms with Gasteiger partial charge in [0, 0.05) is 30.1 Å². The van der Waals surface area contributed by atoms with E-state index in [4.69, 9.17) is 9.47 Å². The lowest BCUT2D eigenvalue weighted by molar-refractivity contribution is -0.274. The number of methoxy groups -OCH3 is 1. The van der Waals surface area contributed by atoms with Crippen molar-refractivity contribution < 1.29 is 54.5 Å². The van der Waals surface area contributed by atoms with Crippen LogP contribution in [0.3, 0.4) is 0 Å². The Balaban J connectivity index is 1.33. The van der Waals surface area contributed by atoms with Crippen LogP contribution in [0.2, 0.25) is 0 Å². The summed E-state index contributed by atoms with van der Waals surface area (Å²) in [5, 5.41) is 63.8. The van der Waals surface area contributed by atoms with Gasteiger partial charge in [-0.3, -0.25) is 14.4 Å². The van der Waals surface area contributed by atoms with Gasteiger partial charge in [-0.25, -0.2) is 0 Å². The molecule has 14 heteroatoms. The van der Waals surface area contributed by atoms with E-state index in [-0.39, 0.29) is 37.2 Å². The Bertz CT molecular complexity index is 1520. The Morgan fingerprint density at radius 1 is 1.13 bits per heavy atom. The van der Waals surface area contributed by atoms with Gasteiger partial charge in [0.1, 0.15) is 24.1 Å². The Morgan fingerprint density at radius 2 is 1.89 bits per heavy atom. The number of ether oxygens (including phenoxy) is 2. The van der Waals surface area contributed by atoms with Crippen molar-refractivity contribution >= 4 is 29.1 Å². The normalized spacial score (nSPS) is 29.7. The van der Waals surface area contributed by atoms with Gasteiger partial charge >= 0.3 is 0 Å². The summed E-state index contributed by atoms with van der Waals surface area (Å²) in [6, 6.07) is 11.2.